The normalized spacial score (nSPS) is 25.1. The predicted molar refractivity (Wildman–Crippen MR) is 77.2 cm³/mol. The van der Waals surface area contributed by atoms with E-state index in [2.05, 4.69) is 22.0 Å². The molecule has 0 atom stereocenters. The number of nitrogens with zero attached hydrogens (tertiary/aromatic N) is 1. The summed E-state index contributed by atoms with van der Waals surface area (Å²) >= 11 is 0. The Kier molecular flexibility index (Phi) is 4.45. The first-order valence-corrected chi connectivity index (χ1v) is 7.03. The van der Waals surface area contributed by atoms with Crippen LogP contribution < -0.4 is 5.32 Å². The molecule has 0 bridgehead atoms. The number of carboxylic acid groups (broad SMARTS) is 1. The molecule has 0 amide bonds. The maximum Gasteiger partial charge on any atom is 0.356 e. The molecule has 21 heavy (non-hydrogen) atoms. The molecule has 2 rings (SSSR count). The Morgan fingerprint density at radius 3 is 2.67 bits per heavy atom. The molecule has 0 spiro atoms. The van der Waals surface area contributed by atoms with Gasteiger partial charge in [-0.05, 0) is 43.7 Å². The number of esters is 1. The Morgan fingerprint density at radius 1 is 1.43 bits per heavy atom. The predicted octanol–water partition coefficient (Wildman–Crippen LogP) is 2.31. The largest absolute Gasteiger partial charge is 0.480 e. The van der Waals surface area contributed by atoms with Crippen LogP contribution in [0.25, 0.3) is 0 Å². The van der Waals surface area contributed by atoms with Gasteiger partial charge >= 0.3 is 11.9 Å². The molecule has 1 heterocycles. The highest BCUT2D eigenvalue weighted by molar-refractivity contribution is 5.89. The number of nitrogens with one attached hydrogen (secondary N) is 1. The van der Waals surface area contributed by atoms with Gasteiger partial charge in [0.1, 0.15) is 11.2 Å². The van der Waals surface area contributed by atoms with Crippen LogP contribution in [0.1, 0.15) is 43.1 Å². The number of carbonyl (C=O) groups is 2. The summed E-state index contributed by atoms with van der Waals surface area (Å²) in [6, 6.07) is 3.18. The van der Waals surface area contributed by atoms with E-state index in [1.807, 2.05) is 0 Å². The molecule has 0 saturated heterocycles. The Hall–Kier alpha value is -2.11. The molecule has 1 aliphatic carbocycles. The summed E-state index contributed by atoms with van der Waals surface area (Å²) < 4.78 is 4.62. The number of ether oxygens (including phenoxy) is 1. The minimum atomic E-state index is -0.971. The summed E-state index contributed by atoms with van der Waals surface area (Å²) in [4.78, 5) is 27.1. The Bertz CT molecular complexity index is 536. The van der Waals surface area contributed by atoms with E-state index >= 15 is 0 Å². The van der Waals surface area contributed by atoms with E-state index in [4.69, 9.17) is 0 Å². The number of rotatable bonds is 4. The van der Waals surface area contributed by atoms with E-state index in [9.17, 15) is 14.7 Å². The second-order valence-electron chi connectivity index (χ2n) is 5.62. The molecular formula is C15H20N2O4. The van der Waals surface area contributed by atoms with Crippen molar-refractivity contribution in [3.05, 3.63) is 24.0 Å². The number of aromatic nitrogens is 1. The van der Waals surface area contributed by atoms with E-state index in [1.54, 1.807) is 6.07 Å². The van der Waals surface area contributed by atoms with Crippen LogP contribution in [0.4, 0.5) is 5.69 Å². The maximum atomic E-state index is 11.7. The third-order valence-electron chi connectivity index (χ3n) is 4.08. The first kappa shape index (κ1) is 15.3. The molecular weight excluding hydrogens is 272 g/mol. The number of carboxylic acids is 1. The van der Waals surface area contributed by atoms with Gasteiger partial charge in [-0.1, -0.05) is 6.92 Å². The summed E-state index contributed by atoms with van der Waals surface area (Å²) in [5.41, 5.74) is -0.240. The van der Waals surface area contributed by atoms with Gasteiger partial charge in [-0.2, -0.15) is 0 Å². The van der Waals surface area contributed by atoms with Gasteiger partial charge < -0.3 is 15.2 Å². The van der Waals surface area contributed by atoms with Crippen molar-refractivity contribution < 1.29 is 19.4 Å². The molecule has 2 N–H and O–H groups in total. The molecule has 6 nitrogen and oxygen atoms in total. The summed E-state index contributed by atoms with van der Waals surface area (Å²) in [7, 11) is 1.28. The number of hydrogen-bond donors (Lipinski definition) is 2. The zero-order chi connectivity index (χ0) is 15.5. The highest BCUT2D eigenvalue weighted by Gasteiger charge is 2.41. The average Bonchev–Trinajstić information content (AvgIpc) is 2.49. The number of anilines is 1. The molecule has 6 heteroatoms. The second-order valence-corrected chi connectivity index (χ2v) is 5.62. The van der Waals surface area contributed by atoms with E-state index in [0.717, 1.165) is 12.8 Å². The van der Waals surface area contributed by atoms with Crippen LogP contribution in [0.3, 0.4) is 0 Å². The monoisotopic (exact) mass is 292 g/mol. The molecule has 1 aliphatic rings. The fourth-order valence-electron chi connectivity index (χ4n) is 2.65. The maximum absolute atomic E-state index is 11.7. The summed E-state index contributed by atoms with van der Waals surface area (Å²) in [6.07, 6.45) is 4.34. The Balaban J connectivity index is 2.22. The summed E-state index contributed by atoms with van der Waals surface area (Å²) in [6.45, 7) is 2.13. The highest BCUT2D eigenvalue weighted by atomic mass is 16.5. The SMILES string of the molecule is COC(=O)c1cc(NC2(C(=O)O)CCC(C)CC2)ccn1. The van der Waals surface area contributed by atoms with Crippen LogP contribution in [-0.2, 0) is 9.53 Å². The van der Waals surface area contributed by atoms with Gasteiger partial charge in [0.25, 0.3) is 0 Å². The average molecular weight is 292 g/mol. The molecule has 1 fully saturated rings. The van der Waals surface area contributed by atoms with E-state index < -0.39 is 17.5 Å². The second kappa shape index (κ2) is 6.11. The third kappa shape index (κ3) is 3.32. The van der Waals surface area contributed by atoms with Crippen LogP contribution in [0.5, 0.6) is 0 Å². The fourth-order valence-corrected chi connectivity index (χ4v) is 2.65. The molecule has 1 aromatic rings. The minimum absolute atomic E-state index is 0.159. The van der Waals surface area contributed by atoms with Crippen LogP contribution in [-0.4, -0.2) is 34.7 Å². The van der Waals surface area contributed by atoms with Crippen molar-refractivity contribution in [1.82, 2.24) is 4.98 Å². The standard InChI is InChI=1S/C15H20N2O4/c1-10-3-6-15(7-4-10,14(19)20)17-11-5-8-16-12(9-11)13(18)21-2/h5,8-10H,3-4,6-7H2,1-2H3,(H,16,17)(H,19,20). The van der Waals surface area contributed by atoms with Crippen LogP contribution >= 0.6 is 0 Å². The lowest BCUT2D eigenvalue weighted by atomic mass is 9.77. The molecule has 1 aromatic heterocycles. The highest BCUT2D eigenvalue weighted by Crippen LogP contribution is 2.35. The van der Waals surface area contributed by atoms with E-state index in [0.29, 0.717) is 24.4 Å². The Labute approximate surface area is 123 Å². The quantitative estimate of drug-likeness (QED) is 0.828. The molecule has 0 aliphatic heterocycles. The zero-order valence-corrected chi connectivity index (χ0v) is 12.3. The number of hydrogen-bond acceptors (Lipinski definition) is 5. The first-order chi connectivity index (χ1) is 9.97. The number of pyridine rings is 1. The summed E-state index contributed by atoms with van der Waals surface area (Å²) in [5, 5.41) is 12.7. The zero-order valence-electron chi connectivity index (χ0n) is 12.3. The van der Waals surface area contributed by atoms with Crippen molar-refractivity contribution in [3.8, 4) is 0 Å². The van der Waals surface area contributed by atoms with Crippen molar-refractivity contribution in [3.63, 3.8) is 0 Å². The third-order valence-corrected chi connectivity index (χ3v) is 4.08. The molecule has 1 saturated carbocycles. The van der Waals surface area contributed by atoms with E-state index in [-0.39, 0.29) is 5.69 Å². The van der Waals surface area contributed by atoms with Gasteiger partial charge in [0.2, 0.25) is 0 Å². The molecule has 0 radical (unpaired) electrons. The van der Waals surface area contributed by atoms with Crippen molar-refractivity contribution in [2.75, 3.05) is 12.4 Å². The van der Waals surface area contributed by atoms with E-state index in [1.165, 1.54) is 19.4 Å². The Morgan fingerprint density at radius 2 is 2.10 bits per heavy atom. The van der Waals surface area contributed by atoms with Gasteiger partial charge in [-0.25, -0.2) is 14.6 Å². The lowest BCUT2D eigenvalue weighted by Gasteiger charge is -2.37. The van der Waals surface area contributed by atoms with Crippen molar-refractivity contribution in [2.24, 2.45) is 5.92 Å². The number of carbonyl (C=O) groups excluding carboxylic acids is 1. The van der Waals surface area contributed by atoms with Crippen LogP contribution in [0.15, 0.2) is 18.3 Å². The van der Waals surface area contributed by atoms with Gasteiger partial charge in [-0.15, -0.1) is 0 Å². The van der Waals surface area contributed by atoms with Crippen LogP contribution in [0.2, 0.25) is 0 Å². The number of methoxy groups -OCH3 is 1. The smallest absolute Gasteiger partial charge is 0.356 e. The topological polar surface area (TPSA) is 88.5 Å². The lowest BCUT2D eigenvalue weighted by Crippen LogP contribution is -2.48. The molecule has 0 unspecified atom stereocenters. The molecule has 0 aromatic carbocycles. The lowest BCUT2D eigenvalue weighted by molar-refractivity contribution is -0.143. The van der Waals surface area contributed by atoms with Crippen molar-refractivity contribution in [2.45, 2.75) is 38.1 Å². The number of aliphatic carboxylic acids is 1. The van der Waals surface area contributed by atoms with Gasteiger partial charge in [0, 0.05) is 11.9 Å². The van der Waals surface area contributed by atoms with Gasteiger partial charge in [0.15, 0.2) is 0 Å². The first-order valence-electron chi connectivity index (χ1n) is 7.03. The van der Waals surface area contributed by atoms with Crippen molar-refractivity contribution >= 4 is 17.6 Å². The van der Waals surface area contributed by atoms with Crippen LogP contribution in [0, 0.1) is 5.92 Å². The minimum Gasteiger partial charge on any atom is -0.480 e. The fraction of sp³-hybridized carbons (Fsp3) is 0.533. The molecule has 114 valence electrons. The summed E-state index contributed by atoms with van der Waals surface area (Å²) in [5.74, 6) is -0.853. The van der Waals surface area contributed by atoms with Crippen molar-refractivity contribution in [1.29, 1.82) is 0 Å². The van der Waals surface area contributed by atoms with Gasteiger partial charge in [0.05, 0.1) is 7.11 Å². The van der Waals surface area contributed by atoms with Gasteiger partial charge in [-0.3, -0.25) is 0 Å².